The maximum absolute atomic E-state index is 5.55. The molecule has 1 N–H and O–H groups in total. The van der Waals surface area contributed by atoms with Gasteiger partial charge in [0, 0.05) is 25.2 Å². The molecule has 3 nitrogen and oxygen atoms in total. The predicted octanol–water partition coefficient (Wildman–Crippen LogP) is 3.53. The number of nitrogens with zero attached hydrogens (tertiary/aromatic N) is 1. The SMILES string of the molecule is COc1ccc2ccccc2c1CNCC(C)(C)CN(C)C. The molecule has 0 aliphatic heterocycles. The van der Waals surface area contributed by atoms with E-state index in [4.69, 9.17) is 4.74 Å². The summed E-state index contributed by atoms with van der Waals surface area (Å²) in [6.07, 6.45) is 0. The van der Waals surface area contributed by atoms with Gasteiger partial charge in [0.25, 0.3) is 0 Å². The molecule has 0 fully saturated rings. The van der Waals surface area contributed by atoms with Crippen LogP contribution in [-0.2, 0) is 6.54 Å². The van der Waals surface area contributed by atoms with E-state index in [1.807, 2.05) is 0 Å². The van der Waals surface area contributed by atoms with Crippen molar-refractivity contribution in [2.24, 2.45) is 5.41 Å². The fraction of sp³-hybridized carbons (Fsp3) is 0.474. The van der Waals surface area contributed by atoms with Crippen molar-refractivity contribution in [1.82, 2.24) is 10.2 Å². The Kier molecular flexibility index (Phi) is 5.43. The Bertz CT molecular complexity index is 620. The number of hydrogen-bond donors (Lipinski definition) is 1. The molecule has 3 heteroatoms. The maximum atomic E-state index is 5.55. The van der Waals surface area contributed by atoms with E-state index in [-0.39, 0.29) is 5.41 Å². The second-order valence-electron chi connectivity index (χ2n) is 6.97. The highest BCUT2D eigenvalue weighted by Crippen LogP contribution is 2.28. The van der Waals surface area contributed by atoms with Gasteiger partial charge in [-0.15, -0.1) is 0 Å². The molecule has 2 aromatic carbocycles. The summed E-state index contributed by atoms with van der Waals surface area (Å²) in [6.45, 7) is 7.44. The van der Waals surface area contributed by atoms with Crippen LogP contribution in [0.4, 0.5) is 0 Å². The number of ether oxygens (including phenoxy) is 1. The van der Waals surface area contributed by atoms with Gasteiger partial charge >= 0.3 is 0 Å². The minimum Gasteiger partial charge on any atom is -0.496 e. The quantitative estimate of drug-likeness (QED) is 0.846. The van der Waals surface area contributed by atoms with E-state index in [0.717, 1.165) is 25.4 Å². The van der Waals surface area contributed by atoms with Crippen molar-refractivity contribution >= 4 is 10.8 Å². The molecule has 2 aromatic rings. The lowest BCUT2D eigenvalue weighted by Crippen LogP contribution is -2.37. The van der Waals surface area contributed by atoms with Crippen molar-refractivity contribution in [3.8, 4) is 5.75 Å². The fourth-order valence-electron chi connectivity index (χ4n) is 3.13. The van der Waals surface area contributed by atoms with Crippen LogP contribution < -0.4 is 10.1 Å². The van der Waals surface area contributed by atoms with E-state index in [0.29, 0.717) is 0 Å². The zero-order valence-corrected chi connectivity index (χ0v) is 14.4. The van der Waals surface area contributed by atoms with Crippen LogP contribution in [0.3, 0.4) is 0 Å². The maximum Gasteiger partial charge on any atom is 0.123 e. The van der Waals surface area contributed by atoms with Gasteiger partial charge in [0.1, 0.15) is 5.75 Å². The third kappa shape index (κ3) is 4.21. The largest absolute Gasteiger partial charge is 0.496 e. The summed E-state index contributed by atoms with van der Waals surface area (Å²) in [4.78, 5) is 2.24. The summed E-state index contributed by atoms with van der Waals surface area (Å²) >= 11 is 0. The molecular formula is C19H28N2O. The predicted molar refractivity (Wildman–Crippen MR) is 94.5 cm³/mol. The van der Waals surface area contributed by atoms with Crippen molar-refractivity contribution in [3.63, 3.8) is 0 Å². The van der Waals surface area contributed by atoms with Crippen LogP contribution in [0.1, 0.15) is 19.4 Å². The molecule has 0 saturated carbocycles. The monoisotopic (exact) mass is 300 g/mol. The van der Waals surface area contributed by atoms with Gasteiger partial charge in [-0.05, 0) is 36.3 Å². The highest BCUT2D eigenvalue weighted by atomic mass is 16.5. The number of rotatable bonds is 7. The van der Waals surface area contributed by atoms with Crippen molar-refractivity contribution in [3.05, 3.63) is 42.0 Å². The Morgan fingerprint density at radius 3 is 2.50 bits per heavy atom. The van der Waals surface area contributed by atoms with Gasteiger partial charge in [-0.25, -0.2) is 0 Å². The molecule has 0 radical (unpaired) electrons. The molecule has 0 aliphatic carbocycles. The van der Waals surface area contributed by atoms with Gasteiger partial charge in [-0.1, -0.05) is 44.2 Å². The number of nitrogens with one attached hydrogen (secondary N) is 1. The van der Waals surface area contributed by atoms with E-state index >= 15 is 0 Å². The second-order valence-corrected chi connectivity index (χ2v) is 6.97. The van der Waals surface area contributed by atoms with Crippen molar-refractivity contribution in [1.29, 1.82) is 0 Å². The highest BCUT2D eigenvalue weighted by Gasteiger charge is 2.18. The first-order valence-corrected chi connectivity index (χ1v) is 7.83. The molecule has 0 aliphatic rings. The molecule has 0 bridgehead atoms. The van der Waals surface area contributed by atoms with Gasteiger partial charge < -0.3 is 15.0 Å². The molecule has 0 atom stereocenters. The summed E-state index contributed by atoms with van der Waals surface area (Å²) < 4.78 is 5.55. The fourth-order valence-corrected chi connectivity index (χ4v) is 3.13. The Morgan fingerprint density at radius 1 is 1.09 bits per heavy atom. The van der Waals surface area contributed by atoms with Crippen molar-refractivity contribution in [2.75, 3.05) is 34.3 Å². The van der Waals surface area contributed by atoms with Crippen LogP contribution in [0.5, 0.6) is 5.75 Å². The summed E-state index contributed by atoms with van der Waals surface area (Å²) in [5, 5.41) is 6.13. The molecule has 2 rings (SSSR count). The molecule has 120 valence electrons. The molecule has 0 unspecified atom stereocenters. The number of benzene rings is 2. The lowest BCUT2D eigenvalue weighted by Gasteiger charge is -2.28. The minimum absolute atomic E-state index is 0.237. The van der Waals surface area contributed by atoms with Gasteiger partial charge in [0.05, 0.1) is 7.11 Å². The van der Waals surface area contributed by atoms with Crippen LogP contribution in [0.15, 0.2) is 36.4 Å². The lowest BCUT2D eigenvalue weighted by atomic mass is 9.92. The first kappa shape index (κ1) is 16.8. The molecule has 0 amide bonds. The van der Waals surface area contributed by atoms with Crippen molar-refractivity contribution < 1.29 is 4.74 Å². The van der Waals surface area contributed by atoms with Crippen LogP contribution in [-0.4, -0.2) is 39.2 Å². The highest BCUT2D eigenvalue weighted by molar-refractivity contribution is 5.87. The van der Waals surface area contributed by atoms with E-state index in [2.05, 4.69) is 74.6 Å². The smallest absolute Gasteiger partial charge is 0.123 e. The topological polar surface area (TPSA) is 24.5 Å². The van der Waals surface area contributed by atoms with Crippen molar-refractivity contribution in [2.45, 2.75) is 20.4 Å². The van der Waals surface area contributed by atoms with Gasteiger partial charge in [-0.2, -0.15) is 0 Å². The van der Waals surface area contributed by atoms with Gasteiger partial charge in [0.2, 0.25) is 0 Å². The molecule has 0 spiro atoms. The summed E-state index contributed by atoms with van der Waals surface area (Å²) in [6, 6.07) is 12.7. The summed E-state index contributed by atoms with van der Waals surface area (Å²) in [5.41, 5.74) is 1.47. The third-order valence-corrected chi connectivity index (χ3v) is 3.87. The van der Waals surface area contributed by atoms with Gasteiger partial charge in [0.15, 0.2) is 0 Å². The first-order valence-electron chi connectivity index (χ1n) is 7.83. The lowest BCUT2D eigenvalue weighted by molar-refractivity contribution is 0.232. The zero-order chi connectivity index (χ0) is 16.2. The Hall–Kier alpha value is -1.58. The molecule has 0 saturated heterocycles. The Labute approximate surface area is 134 Å². The van der Waals surface area contributed by atoms with Crippen LogP contribution in [0, 0.1) is 5.41 Å². The van der Waals surface area contributed by atoms with E-state index in [9.17, 15) is 0 Å². The Balaban J connectivity index is 2.14. The standard InChI is InChI=1S/C19H28N2O/c1-19(2,14-21(3)4)13-20-12-17-16-9-7-6-8-15(16)10-11-18(17)22-5/h6-11,20H,12-14H2,1-5H3. The Morgan fingerprint density at radius 2 is 1.82 bits per heavy atom. The van der Waals surface area contributed by atoms with E-state index in [1.54, 1.807) is 7.11 Å². The average molecular weight is 300 g/mol. The summed E-state index contributed by atoms with van der Waals surface area (Å²) in [5.74, 6) is 0.955. The normalized spacial score (nSPS) is 12.1. The van der Waals surface area contributed by atoms with E-state index in [1.165, 1.54) is 16.3 Å². The second kappa shape index (κ2) is 7.12. The van der Waals surface area contributed by atoms with E-state index < -0.39 is 0 Å². The van der Waals surface area contributed by atoms with Crippen LogP contribution >= 0.6 is 0 Å². The zero-order valence-electron chi connectivity index (χ0n) is 14.4. The number of hydrogen-bond acceptors (Lipinski definition) is 3. The molecular weight excluding hydrogens is 272 g/mol. The molecule has 0 heterocycles. The average Bonchev–Trinajstić information content (AvgIpc) is 2.45. The number of fused-ring (bicyclic) bond motifs is 1. The summed E-state index contributed by atoms with van der Waals surface area (Å²) in [7, 11) is 5.98. The first-order chi connectivity index (χ1) is 10.4. The molecule has 22 heavy (non-hydrogen) atoms. The van der Waals surface area contributed by atoms with Gasteiger partial charge in [-0.3, -0.25) is 0 Å². The minimum atomic E-state index is 0.237. The van der Waals surface area contributed by atoms with Crippen LogP contribution in [0.25, 0.3) is 10.8 Å². The van der Waals surface area contributed by atoms with Crippen LogP contribution in [0.2, 0.25) is 0 Å². The third-order valence-electron chi connectivity index (χ3n) is 3.87. The molecule has 0 aromatic heterocycles. The number of methoxy groups -OCH3 is 1.